The first-order valence-corrected chi connectivity index (χ1v) is 5.74. The predicted molar refractivity (Wildman–Crippen MR) is 68.0 cm³/mol. The predicted octanol–water partition coefficient (Wildman–Crippen LogP) is 2.35. The number of nitrogens with zero attached hydrogens (tertiary/aromatic N) is 1. The third-order valence-corrected chi connectivity index (χ3v) is 2.34. The molecule has 0 bridgehead atoms. The molecule has 0 aliphatic heterocycles. The van der Waals surface area contributed by atoms with Crippen LogP contribution in [0.25, 0.3) is 0 Å². The average molecular weight is 223 g/mol. The van der Waals surface area contributed by atoms with Crippen LogP contribution in [0, 0.1) is 0 Å². The van der Waals surface area contributed by atoms with Crippen LogP contribution in [-0.4, -0.2) is 32.3 Å². The van der Waals surface area contributed by atoms with Crippen molar-refractivity contribution in [3.63, 3.8) is 0 Å². The highest BCUT2D eigenvalue weighted by Crippen LogP contribution is 2.08. The van der Waals surface area contributed by atoms with Gasteiger partial charge in [-0.2, -0.15) is 0 Å². The first-order chi connectivity index (χ1) is 7.86. The van der Waals surface area contributed by atoms with Crippen molar-refractivity contribution in [2.45, 2.75) is 19.3 Å². The van der Waals surface area contributed by atoms with Crippen LogP contribution in [0.2, 0.25) is 0 Å². The van der Waals surface area contributed by atoms with Crippen molar-refractivity contribution in [1.29, 1.82) is 0 Å². The zero-order valence-electron chi connectivity index (χ0n) is 10.1. The fourth-order valence-electron chi connectivity index (χ4n) is 1.44. The number of methoxy groups -OCH3 is 1. The number of hydrogen-bond acceptors (Lipinski definition) is 4. The van der Waals surface area contributed by atoms with E-state index in [9.17, 15) is 0 Å². The summed E-state index contributed by atoms with van der Waals surface area (Å²) in [4.78, 5) is 4.38. The second-order valence-electron chi connectivity index (χ2n) is 3.64. The molecule has 2 N–H and O–H groups in total. The number of pyridine rings is 1. The molecule has 1 aromatic heterocycles. The van der Waals surface area contributed by atoms with Gasteiger partial charge in [0.05, 0.1) is 0 Å². The van der Waals surface area contributed by atoms with Gasteiger partial charge >= 0.3 is 0 Å². The zero-order chi connectivity index (χ0) is 11.6. The number of aromatic nitrogens is 1. The Balaban J connectivity index is 2.16. The molecule has 16 heavy (non-hydrogen) atoms. The number of ether oxygens (including phenoxy) is 1. The van der Waals surface area contributed by atoms with Gasteiger partial charge in [0.1, 0.15) is 11.6 Å². The summed E-state index contributed by atoms with van der Waals surface area (Å²) in [6, 6.07) is 5.92. The van der Waals surface area contributed by atoms with Gasteiger partial charge in [-0.15, -0.1) is 0 Å². The van der Waals surface area contributed by atoms with Crippen LogP contribution in [0.4, 0.5) is 11.6 Å². The molecule has 0 aromatic carbocycles. The molecule has 0 spiro atoms. The normalized spacial score (nSPS) is 10.1. The SMILES string of the molecule is CNc1cccc(NCCCCCOC)n1. The third kappa shape index (κ3) is 4.98. The molecule has 0 fully saturated rings. The van der Waals surface area contributed by atoms with Gasteiger partial charge in [0.25, 0.3) is 0 Å². The van der Waals surface area contributed by atoms with Crippen molar-refractivity contribution in [1.82, 2.24) is 4.98 Å². The first-order valence-electron chi connectivity index (χ1n) is 5.74. The molecule has 0 aliphatic rings. The molecule has 4 nitrogen and oxygen atoms in total. The van der Waals surface area contributed by atoms with Crippen LogP contribution < -0.4 is 10.6 Å². The van der Waals surface area contributed by atoms with Crippen LogP contribution in [0.5, 0.6) is 0 Å². The van der Waals surface area contributed by atoms with Gasteiger partial charge in [-0.3, -0.25) is 0 Å². The van der Waals surface area contributed by atoms with Crippen LogP contribution in [-0.2, 0) is 4.74 Å². The molecular formula is C12H21N3O. The Morgan fingerprint density at radius 3 is 2.75 bits per heavy atom. The van der Waals surface area contributed by atoms with E-state index >= 15 is 0 Å². The zero-order valence-corrected chi connectivity index (χ0v) is 10.1. The number of anilines is 2. The fourth-order valence-corrected chi connectivity index (χ4v) is 1.44. The number of hydrogen-bond donors (Lipinski definition) is 2. The van der Waals surface area contributed by atoms with Crippen LogP contribution in [0.1, 0.15) is 19.3 Å². The topological polar surface area (TPSA) is 46.2 Å². The minimum Gasteiger partial charge on any atom is -0.385 e. The molecule has 90 valence electrons. The van der Waals surface area contributed by atoms with Crippen molar-refractivity contribution in [2.24, 2.45) is 0 Å². The van der Waals surface area contributed by atoms with E-state index in [2.05, 4.69) is 15.6 Å². The largest absolute Gasteiger partial charge is 0.385 e. The molecular weight excluding hydrogens is 202 g/mol. The second-order valence-corrected chi connectivity index (χ2v) is 3.64. The second kappa shape index (κ2) is 7.93. The number of rotatable bonds is 8. The van der Waals surface area contributed by atoms with Crippen molar-refractivity contribution >= 4 is 11.6 Å². The van der Waals surface area contributed by atoms with E-state index in [0.29, 0.717) is 0 Å². The monoisotopic (exact) mass is 223 g/mol. The molecule has 1 heterocycles. The van der Waals surface area contributed by atoms with E-state index < -0.39 is 0 Å². The molecule has 4 heteroatoms. The molecule has 0 aliphatic carbocycles. The van der Waals surface area contributed by atoms with E-state index in [1.165, 1.54) is 6.42 Å². The summed E-state index contributed by atoms with van der Waals surface area (Å²) in [5, 5.41) is 6.32. The average Bonchev–Trinajstić information content (AvgIpc) is 2.34. The van der Waals surface area contributed by atoms with Gasteiger partial charge in [-0.05, 0) is 31.4 Å². The molecule has 0 radical (unpaired) electrons. The summed E-state index contributed by atoms with van der Waals surface area (Å²) in [6.45, 7) is 1.82. The Bertz CT molecular complexity index is 291. The minimum atomic E-state index is 0.855. The first kappa shape index (κ1) is 12.8. The summed E-state index contributed by atoms with van der Waals surface area (Å²) >= 11 is 0. The van der Waals surface area contributed by atoms with E-state index in [0.717, 1.165) is 37.6 Å². The summed E-state index contributed by atoms with van der Waals surface area (Å²) < 4.78 is 5.00. The van der Waals surface area contributed by atoms with Gasteiger partial charge in [0.15, 0.2) is 0 Å². The standard InChI is InChI=1S/C12H21N3O/c1-13-11-7-6-8-12(15-11)14-9-4-3-5-10-16-2/h6-8H,3-5,9-10H2,1-2H3,(H2,13,14,15). The highest BCUT2D eigenvalue weighted by molar-refractivity contribution is 5.44. The Labute approximate surface area is 97.4 Å². The quantitative estimate of drug-likeness (QED) is 0.664. The Morgan fingerprint density at radius 2 is 2.00 bits per heavy atom. The molecule has 0 saturated carbocycles. The van der Waals surface area contributed by atoms with Crippen LogP contribution in [0.3, 0.4) is 0 Å². The minimum absolute atomic E-state index is 0.855. The van der Waals surface area contributed by atoms with Crippen molar-refractivity contribution < 1.29 is 4.74 Å². The lowest BCUT2D eigenvalue weighted by atomic mass is 10.2. The Morgan fingerprint density at radius 1 is 1.19 bits per heavy atom. The molecule has 0 unspecified atom stereocenters. The maximum atomic E-state index is 5.00. The number of unbranched alkanes of at least 4 members (excludes halogenated alkanes) is 2. The van der Waals surface area contributed by atoms with Gasteiger partial charge in [0, 0.05) is 27.3 Å². The van der Waals surface area contributed by atoms with Crippen LogP contribution >= 0.6 is 0 Å². The summed E-state index contributed by atoms with van der Waals surface area (Å²) in [6.07, 6.45) is 3.46. The van der Waals surface area contributed by atoms with Crippen LogP contribution in [0.15, 0.2) is 18.2 Å². The fraction of sp³-hybridized carbons (Fsp3) is 0.583. The van der Waals surface area contributed by atoms with Crippen molar-refractivity contribution in [3.8, 4) is 0 Å². The highest BCUT2D eigenvalue weighted by Gasteiger charge is 1.95. The Hall–Kier alpha value is -1.29. The van der Waals surface area contributed by atoms with Gasteiger partial charge < -0.3 is 15.4 Å². The van der Waals surface area contributed by atoms with Gasteiger partial charge in [0.2, 0.25) is 0 Å². The lowest BCUT2D eigenvalue weighted by molar-refractivity contribution is 0.192. The lowest BCUT2D eigenvalue weighted by Crippen LogP contribution is -2.04. The summed E-state index contributed by atoms with van der Waals surface area (Å²) in [5.41, 5.74) is 0. The summed E-state index contributed by atoms with van der Waals surface area (Å²) in [5.74, 6) is 1.82. The van der Waals surface area contributed by atoms with E-state index in [4.69, 9.17) is 4.74 Å². The third-order valence-electron chi connectivity index (χ3n) is 2.34. The van der Waals surface area contributed by atoms with Gasteiger partial charge in [-0.1, -0.05) is 6.07 Å². The number of nitrogens with one attached hydrogen (secondary N) is 2. The van der Waals surface area contributed by atoms with E-state index in [-0.39, 0.29) is 0 Å². The van der Waals surface area contributed by atoms with Crippen molar-refractivity contribution in [2.75, 3.05) is 37.9 Å². The highest BCUT2D eigenvalue weighted by atomic mass is 16.5. The molecule has 0 saturated heterocycles. The van der Waals surface area contributed by atoms with E-state index in [1.807, 2.05) is 25.2 Å². The van der Waals surface area contributed by atoms with Crippen molar-refractivity contribution in [3.05, 3.63) is 18.2 Å². The molecule has 1 rings (SSSR count). The van der Waals surface area contributed by atoms with E-state index in [1.54, 1.807) is 7.11 Å². The maximum absolute atomic E-state index is 5.00. The molecule has 0 amide bonds. The Kier molecular flexibility index (Phi) is 6.33. The smallest absolute Gasteiger partial charge is 0.128 e. The molecule has 1 aromatic rings. The lowest BCUT2D eigenvalue weighted by Gasteiger charge is -2.06. The maximum Gasteiger partial charge on any atom is 0.128 e. The molecule has 0 atom stereocenters. The van der Waals surface area contributed by atoms with Gasteiger partial charge in [-0.25, -0.2) is 4.98 Å². The summed E-state index contributed by atoms with van der Waals surface area (Å²) in [7, 11) is 3.61.